The Labute approximate surface area is 109 Å². The molecule has 0 radical (unpaired) electrons. The fourth-order valence-electron chi connectivity index (χ4n) is 2.17. The lowest BCUT2D eigenvalue weighted by molar-refractivity contribution is 0.0697. The molecule has 0 amide bonds. The van der Waals surface area contributed by atoms with Crippen molar-refractivity contribution < 1.29 is 9.90 Å². The molecular weight excluding hydrogens is 242 g/mol. The topological polar surface area (TPSA) is 78.9 Å². The van der Waals surface area contributed by atoms with E-state index in [0.717, 1.165) is 17.5 Å². The molecule has 0 atom stereocenters. The zero-order chi connectivity index (χ0) is 13.4. The zero-order valence-corrected chi connectivity index (χ0v) is 9.87. The van der Waals surface area contributed by atoms with Crippen molar-refractivity contribution in [1.82, 2.24) is 9.78 Å². The minimum atomic E-state index is -1.02. The van der Waals surface area contributed by atoms with Gasteiger partial charge in [0.2, 0.25) is 0 Å². The maximum Gasteiger partial charge on any atom is 0.338 e. The number of hydrogen-bond acceptors (Lipinski definition) is 3. The summed E-state index contributed by atoms with van der Waals surface area (Å²) < 4.78 is 1.47. The van der Waals surface area contributed by atoms with Gasteiger partial charge in [-0.2, -0.15) is 10.4 Å². The fourth-order valence-corrected chi connectivity index (χ4v) is 2.17. The Bertz CT molecular complexity index is 751. The van der Waals surface area contributed by atoms with Crippen molar-refractivity contribution >= 4 is 12.0 Å². The number of carbonyl (C=O) groups is 1. The number of benzene rings is 1. The molecule has 1 aliphatic carbocycles. The second-order valence-corrected chi connectivity index (χ2v) is 4.26. The predicted molar refractivity (Wildman–Crippen MR) is 68.0 cm³/mol. The minimum Gasteiger partial charge on any atom is -0.478 e. The minimum absolute atomic E-state index is 0.120. The molecule has 92 valence electrons. The van der Waals surface area contributed by atoms with Crippen LogP contribution in [0.3, 0.4) is 0 Å². The second-order valence-electron chi connectivity index (χ2n) is 4.26. The van der Waals surface area contributed by atoms with Crippen LogP contribution < -0.4 is 0 Å². The van der Waals surface area contributed by atoms with E-state index < -0.39 is 5.97 Å². The molecule has 0 bridgehead atoms. The summed E-state index contributed by atoms with van der Waals surface area (Å²) in [6, 6.07) is 5.80. The fraction of sp³-hybridized carbons (Fsp3) is 0.0714. The molecule has 1 aromatic heterocycles. The summed E-state index contributed by atoms with van der Waals surface area (Å²) in [5, 5.41) is 22.1. The van der Waals surface area contributed by atoms with Gasteiger partial charge in [0.05, 0.1) is 29.1 Å². The van der Waals surface area contributed by atoms with Crippen LogP contribution in [-0.2, 0) is 6.42 Å². The van der Waals surface area contributed by atoms with Crippen molar-refractivity contribution in [3.8, 4) is 11.8 Å². The van der Waals surface area contributed by atoms with Gasteiger partial charge >= 0.3 is 5.97 Å². The molecule has 3 rings (SSSR count). The van der Waals surface area contributed by atoms with Gasteiger partial charge in [0.1, 0.15) is 0 Å². The predicted octanol–water partition coefficient (Wildman–Crippen LogP) is 2.01. The van der Waals surface area contributed by atoms with E-state index in [0.29, 0.717) is 11.3 Å². The van der Waals surface area contributed by atoms with Gasteiger partial charge in [0.15, 0.2) is 0 Å². The zero-order valence-electron chi connectivity index (χ0n) is 9.87. The number of rotatable bonds is 2. The summed E-state index contributed by atoms with van der Waals surface area (Å²) >= 11 is 0. The Balaban J connectivity index is 2.12. The van der Waals surface area contributed by atoms with E-state index in [1.807, 2.05) is 18.2 Å². The number of allylic oxidation sites excluding steroid dienone is 1. The Morgan fingerprint density at radius 1 is 1.47 bits per heavy atom. The Hall–Kier alpha value is -2.87. The number of nitriles is 1. The number of aromatic nitrogens is 2. The van der Waals surface area contributed by atoms with E-state index in [-0.39, 0.29) is 5.56 Å². The van der Waals surface area contributed by atoms with Crippen molar-refractivity contribution in [2.24, 2.45) is 0 Å². The summed E-state index contributed by atoms with van der Waals surface area (Å²) in [6.45, 7) is 0. The van der Waals surface area contributed by atoms with Crippen LogP contribution in [0.4, 0.5) is 0 Å². The van der Waals surface area contributed by atoms with Gasteiger partial charge in [-0.25, -0.2) is 9.48 Å². The smallest absolute Gasteiger partial charge is 0.338 e. The molecule has 0 saturated heterocycles. The van der Waals surface area contributed by atoms with Crippen molar-refractivity contribution in [2.45, 2.75) is 6.42 Å². The highest BCUT2D eigenvalue weighted by molar-refractivity contribution is 5.87. The van der Waals surface area contributed by atoms with Crippen molar-refractivity contribution in [3.63, 3.8) is 0 Å². The summed E-state index contributed by atoms with van der Waals surface area (Å²) in [6.07, 6.45) is 7.45. The highest BCUT2D eigenvalue weighted by Crippen LogP contribution is 2.26. The molecule has 1 aromatic carbocycles. The monoisotopic (exact) mass is 251 g/mol. The van der Waals surface area contributed by atoms with Crippen LogP contribution in [-0.4, -0.2) is 20.9 Å². The maximum atomic E-state index is 10.8. The van der Waals surface area contributed by atoms with E-state index in [1.165, 1.54) is 17.1 Å². The van der Waals surface area contributed by atoms with E-state index in [2.05, 4.69) is 11.2 Å². The first-order chi connectivity index (χ1) is 9.19. The number of nitrogens with zero attached hydrogens (tertiary/aromatic N) is 3. The molecule has 0 unspecified atom stereocenters. The summed E-state index contributed by atoms with van der Waals surface area (Å²) in [7, 11) is 0. The van der Waals surface area contributed by atoms with E-state index in [4.69, 9.17) is 10.4 Å². The highest BCUT2D eigenvalue weighted by atomic mass is 16.4. The van der Waals surface area contributed by atoms with Crippen molar-refractivity contribution in [3.05, 3.63) is 52.9 Å². The van der Waals surface area contributed by atoms with Gasteiger partial charge in [0, 0.05) is 6.20 Å². The molecule has 0 fully saturated rings. The van der Waals surface area contributed by atoms with Crippen LogP contribution in [0.25, 0.3) is 11.8 Å². The quantitative estimate of drug-likeness (QED) is 0.885. The van der Waals surface area contributed by atoms with Crippen LogP contribution in [0.5, 0.6) is 0 Å². The van der Waals surface area contributed by atoms with Gasteiger partial charge in [-0.1, -0.05) is 12.2 Å². The maximum absolute atomic E-state index is 10.8. The lowest BCUT2D eigenvalue weighted by atomic mass is 10.0. The first-order valence-electron chi connectivity index (χ1n) is 5.71. The van der Waals surface area contributed by atoms with Crippen molar-refractivity contribution in [1.29, 1.82) is 5.26 Å². The molecule has 0 spiro atoms. The molecule has 5 heteroatoms. The molecule has 1 N–H and O–H groups in total. The number of fused-ring (bicyclic) bond motifs is 1. The second kappa shape index (κ2) is 4.10. The number of hydrogen-bond donors (Lipinski definition) is 1. The van der Waals surface area contributed by atoms with Crippen molar-refractivity contribution in [2.75, 3.05) is 0 Å². The normalized spacial score (nSPS) is 12.2. The summed E-state index contributed by atoms with van der Waals surface area (Å²) in [5.41, 5.74) is 3.41. The molecule has 0 aliphatic heterocycles. The lowest BCUT2D eigenvalue weighted by Gasteiger charge is -2.07. The lowest BCUT2D eigenvalue weighted by Crippen LogP contribution is -1.99. The van der Waals surface area contributed by atoms with Crippen LogP contribution in [0.1, 0.15) is 27.0 Å². The first-order valence-corrected chi connectivity index (χ1v) is 5.71. The van der Waals surface area contributed by atoms with Crippen LogP contribution in [0, 0.1) is 11.3 Å². The van der Waals surface area contributed by atoms with Crippen LogP contribution in [0.2, 0.25) is 0 Å². The molecule has 2 aromatic rings. The third-order valence-corrected chi connectivity index (χ3v) is 3.10. The summed E-state index contributed by atoms with van der Waals surface area (Å²) in [5.74, 6) is -1.02. The SMILES string of the molecule is N#Cc1cc(-n2cc(C(=O)O)cn2)cc2c1CC=C2. The molecule has 1 heterocycles. The third kappa shape index (κ3) is 1.79. The molecule has 0 saturated carbocycles. The third-order valence-electron chi connectivity index (χ3n) is 3.10. The van der Waals surface area contributed by atoms with E-state index in [1.54, 1.807) is 6.07 Å². The average molecular weight is 251 g/mol. The van der Waals surface area contributed by atoms with Crippen LogP contribution in [0.15, 0.2) is 30.6 Å². The van der Waals surface area contributed by atoms with Gasteiger partial charge in [0.25, 0.3) is 0 Å². The van der Waals surface area contributed by atoms with Gasteiger partial charge < -0.3 is 5.11 Å². The Morgan fingerprint density at radius 3 is 3.00 bits per heavy atom. The van der Waals surface area contributed by atoms with Gasteiger partial charge in [-0.3, -0.25) is 0 Å². The highest BCUT2D eigenvalue weighted by Gasteiger charge is 2.14. The molecule has 1 aliphatic rings. The Kier molecular flexibility index (Phi) is 2.43. The standard InChI is InChI=1S/C14H9N3O2/c15-6-10-5-12(4-9-2-1-3-13(9)10)17-8-11(7-16-17)14(18)19/h1-2,4-5,7-8H,3H2,(H,18,19). The van der Waals surface area contributed by atoms with Crippen LogP contribution >= 0.6 is 0 Å². The average Bonchev–Trinajstić information content (AvgIpc) is 3.05. The summed E-state index contributed by atoms with van der Waals surface area (Å²) in [4.78, 5) is 10.8. The largest absolute Gasteiger partial charge is 0.478 e. The Morgan fingerprint density at radius 2 is 2.32 bits per heavy atom. The first kappa shape index (κ1) is 11.2. The number of aromatic carboxylic acids is 1. The molecule has 5 nitrogen and oxygen atoms in total. The molecule has 19 heavy (non-hydrogen) atoms. The number of carboxylic acid groups (broad SMARTS) is 1. The number of carboxylic acids is 1. The van der Waals surface area contributed by atoms with Gasteiger partial charge in [-0.05, 0) is 29.7 Å². The van der Waals surface area contributed by atoms with E-state index >= 15 is 0 Å². The van der Waals surface area contributed by atoms with Gasteiger partial charge in [-0.15, -0.1) is 0 Å². The van der Waals surface area contributed by atoms with E-state index in [9.17, 15) is 4.79 Å². The molecular formula is C14H9N3O2.